The minimum atomic E-state index is -0.732. The number of rotatable bonds is 6. The SMILES string of the molecule is CCOC(C)OC(=O)c1nc(-c2ccc(Cl)c(OC)c2F)cc2[nH]cc(C)c12. The number of aryl methyl sites for hydroxylation is 1. The van der Waals surface area contributed by atoms with E-state index in [4.69, 9.17) is 25.8 Å². The second-order valence-electron chi connectivity index (χ2n) is 6.12. The highest BCUT2D eigenvalue weighted by Crippen LogP contribution is 2.35. The maximum absolute atomic E-state index is 14.9. The lowest BCUT2D eigenvalue weighted by Gasteiger charge is -2.14. The molecule has 1 N–H and O–H groups in total. The predicted octanol–water partition coefficient (Wildman–Crippen LogP) is 4.88. The zero-order valence-electron chi connectivity index (χ0n) is 15.9. The van der Waals surface area contributed by atoms with Crippen LogP contribution in [0.5, 0.6) is 5.75 Å². The van der Waals surface area contributed by atoms with Gasteiger partial charge in [0.25, 0.3) is 0 Å². The molecule has 0 saturated carbocycles. The molecule has 0 fully saturated rings. The van der Waals surface area contributed by atoms with Crippen molar-refractivity contribution in [3.8, 4) is 17.0 Å². The van der Waals surface area contributed by atoms with E-state index in [-0.39, 0.29) is 27.7 Å². The Morgan fingerprint density at radius 2 is 2.14 bits per heavy atom. The highest BCUT2D eigenvalue weighted by molar-refractivity contribution is 6.32. The van der Waals surface area contributed by atoms with Crippen molar-refractivity contribution in [3.05, 3.63) is 46.5 Å². The Balaban J connectivity index is 2.15. The summed E-state index contributed by atoms with van der Waals surface area (Å²) in [4.78, 5) is 20.2. The second-order valence-corrected chi connectivity index (χ2v) is 6.53. The molecule has 3 aromatic rings. The predicted molar refractivity (Wildman–Crippen MR) is 104 cm³/mol. The summed E-state index contributed by atoms with van der Waals surface area (Å²) in [6, 6.07) is 4.67. The van der Waals surface area contributed by atoms with E-state index in [0.29, 0.717) is 17.5 Å². The first-order valence-corrected chi connectivity index (χ1v) is 9.08. The molecule has 0 amide bonds. The smallest absolute Gasteiger partial charge is 0.359 e. The van der Waals surface area contributed by atoms with Gasteiger partial charge in [-0.05, 0) is 44.5 Å². The van der Waals surface area contributed by atoms with Crippen LogP contribution in [-0.2, 0) is 9.47 Å². The van der Waals surface area contributed by atoms with Gasteiger partial charge in [-0.25, -0.2) is 14.2 Å². The molecule has 2 heterocycles. The van der Waals surface area contributed by atoms with E-state index < -0.39 is 18.1 Å². The van der Waals surface area contributed by atoms with Gasteiger partial charge < -0.3 is 19.2 Å². The average molecular weight is 407 g/mol. The summed E-state index contributed by atoms with van der Waals surface area (Å²) in [6.45, 7) is 5.66. The molecule has 2 aromatic heterocycles. The fourth-order valence-corrected chi connectivity index (χ4v) is 3.22. The summed E-state index contributed by atoms with van der Waals surface area (Å²) in [5.41, 5.74) is 1.93. The van der Waals surface area contributed by atoms with Gasteiger partial charge in [0.15, 0.2) is 17.3 Å². The number of nitrogens with zero attached hydrogens (tertiary/aromatic N) is 1. The lowest BCUT2D eigenvalue weighted by Crippen LogP contribution is -2.19. The Morgan fingerprint density at radius 3 is 2.82 bits per heavy atom. The van der Waals surface area contributed by atoms with Crippen molar-refractivity contribution in [2.24, 2.45) is 0 Å². The number of H-pyrrole nitrogens is 1. The van der Waals surface area contributed by atoms with Crippen LogP contribution in [-0.4, -0.2) is 35.9 Å². The minimum absolute atomic E-state index is 0.0751. The van der Waals surface area contributed by atoms with Gasteiger partial charge in [0.05, 0.1) is 23.3 Å². The summed E-state index contributed by atoms with van der Waals surface area (Å²) >= 11 is 5.98. The number of ether oxygens (including phenoxy) is 3. The standard InChI is InChI=1S/C20H20ClFN2O4/c1-5-27-11(3)28-20(25)18-16-10(2)9-23-15(16)8-14(24-18)12-6-7-13(21)19(26-4)17(12)22/h6-9,11,23H,5H2,1-4H3. The molecule has 0 radical (unpaired) electrons. The van der Waals surface area contributed by atoms with Crippen LogP contribution >= 0.6 is 11.6 Å². The number of aromatic nitrogens is 2. The van der Waals surface area contributed by atoms with Crippen molar-refractivity contribution in [1.29, 1.82) is 0 Å². The van der Waals surface area contributed by atoms with Crippen LogP contribution in [0.4, 0.5) is 4.39 Å². The Morgan fingerprint density at radius 1 is 1.39 bits per heavy atom. The third-order valence-corrected chi connectivity index (χ3v) is 4.55. The molecule has 0 bridgehead atoms. The number of benzene rings is 1. The van der Waals surface area contributed by atoms with Crippen molar-refractivity contribution >= 4 is 28.5 Å². The zero-order chi connectivity index (χ0) is 20.4. The van der Waals surface area contributed by atoms with Crippen molar-refractivity contribution in [2.45, 2.75) is 27.1 Å². The van der Waals surface area contributed by atoms with E-state index in [1.165, 1.54) is 19.2 Å². The number of nitrogens with one attached hydrogen (secondary N) is 1. The molecular weight excluding hydrogens is 387 g/mol. The molecule has 0 saturated heterocycles. The lowest BCUT2D eigenvalue weighted by molar-refractivity contribution is -0.0942. The van der Waals surface area contributed by atoms with Crippen LogP contribution in [0, 0.1) is 12.7 Å². The molecule has 0 aliphatic heterocycles. The quantitative estimate of drug-likeness (QED) is 0.466. The summed E-state index contributed by atoms with van der Waals surface area (Å²) in [5, 5.41) is 0.754. The van der Waals surface area contributed by atoms with E-state index in [0.717, 1.165) is 5.56 Å². The highest BCUT2D eigenvalue weighted by Gasteiger charge is 2.23. The molecule has 0 aliphatic rings. The van der Waals surface area contributed by atoms with Crippen LogP contribution in [0.25, 0.3) is 22.2 Å². The number of pyridine rings is 1. The van der Waals surface area contributed by atoms with Gasteiger partial charge in [0.2, 0.25) is 6.29 Å². The van der Waals surface area contributed by atoms with Gasteiger partial charge in [-0.1, -0.05) is 11.6 Å². The monoisotopic (exact) mass is 406 g/mol. The van der Waals surface area contributed by atoms with Crippen LogP contribution < -0.4 is 4.74 Å². The normalized spacial score (nSPS) is 12.2. The summed E-state index contributed by atoms with van der Waals surface area (Å²) in [7, 11) is 1.33. The van der Waals surface area contributed by atoms with Crippen LogP contribution in [0.2, 0.25) is 5.02 Å². The van der Waals surface area contributed by atoms with Crippen LogP contribution in [0.3, 0.4) is 0 Å². The first-order chi connectivity index (χ1) is 13.4. The minimum Gasteiger partial charge on any atom is -0.492 e. The molecule has 0 spiro atoms. The molecule has 8 heteroatoms. The molecule has 3 rings (SSSR count). The molecule has 1 unspecified atom stereocenters. The number of hydrogen-bond acceptors (Lipinski definition) is 5. The second kappa shape index (κ2) is 8.16. The first-order valence-electron chi connectivity index (χ1n) is 8.71. The van der Waals surface area contributed by atoms with Gasteiger partial charge in [-0.3, -0.25) is 0 Å². The third-order valence-electron chi connectivity index (χ3n) is 4.25. The van der Waals surface area contributed by atoms with Crippen LogP contribution in [0.15, 0.2) is 24.4 Å². The fourth-order valence-electron chi connectivity index (χ4n) is 2.99. The van der Waals surface area contributed by atoms with E-state index in [9.17, 15) is 9.18 Å². The average Bonchev–Trinajstić information content (AvgIpc) is 3.02. The number of carbonyl (C=O) groups is 1. The summed E-state index contributed by atoms with van der Waals surface area (Å²) in [5.74, 6) is -1.40. The Hall–Kier alpha value is -2.64. The third kappa shape index (κ3) is 3.68. The van der Waals surface area contributed by atoms with Crippen molar-refractivity contribution in [3.63, 3.8) is 0 Å². The molecule has 6 nitrogen and oxygen atoms in total. The van der Waals surface area contributed by atoms with E-state index >= 15 is 0 Å². The van der Waals surface area contributed by atoms with Crippen molar-refractivity contribution in [2.75, 3.05) is 13.7 Å². The van der Waals surface area contributed by atoms with Gasteiger partial charge in [-0.2, -0.15) is 0 Å². The lowest BCUT2D eigenvalue weighted by atomic mass is 10.1. The summed E-state index contributed by atoms with van der Waals surface area (Å²) in [6.07, 6.45) is 1.02. The highest BCUT2D eigenvalue weighted by atomic mass is 35.5. The molecule has 1 aromatic carbocycles. The Bertz CT molecular complexity index is 1030. The van der Waals surface area contributed by atoms with Crippen LogP contribution in [0.1, 0.15) is 29.9 Å². The number of carbonyl (C=O) groups excluding carboxylic acids is 1. The van der Waals surface area contributed by atoms with E-state index in [1.54, 1.807) is 26.1 Å². The van der Waals surface area contributed by atoms with Gasteiger partial charge in [0.1, 0.15) is 0 Å². The molecule has 28 heavy (non-hydrogen) atoms. The number of esters is 1. The fraction of sp³-hybridized carbons (Fsp3) is 0.300. The maximum atomic E-state index is 14.9. The van der Waals surface area contributed by atoms with Crippen molar-refractivity contribution < 1.29 is 23.4 Å². The molecule has 148 valence electrons. The maximum Gasteiger partial charge on any atom is 0.359 e. The number of fused-ring (bicyclic) bond motifs is 1. The molecule has 0 aliphatic carbocycles. The first kappa shape index (κ1) is 20.1. The Kier molecular flexibility index (Phi) is 5.86. The number of methoxy groups -OCH3 is 1. The number of hydrogen-bond donors (Lipinski definition) is 1. The van der Waals surface area contributed by atoms with Gasteiger partial charge in [0, 0.05) is 23.8 Å². The molecule has 1 atom stereocenters. The van der Waals surface area contributed by atoms with E-state index in [2.05, 4.69) is 9.97 Å². The largest absolute Gasteiger partial charge is 0.492 e. The number of aromatic amines is 1. The topological polar surface area (TPSA) is 73.4 Å². The van der Waals surface area contributed by atoms with Crippen molar-refractivity contribution in [1.82, 2.24) is 9.97 Å². The zero-order valence-corrected chi connectivity index (χ0v) is 16.7. The van der Waals surface area contributed by atoms with Gasteiger partial charge >= 0.3 is 5.97 Å². The number of halogens is 2. The van der Waals surface area contributed by atoms with Gasteiger partial charge in [-0.15, -0.1) is 0 Å². The van der Waals surface area contributed by atoms with E-state index in [1.807, 2.05) is 6.92 Å². The molecular formula is C20H20ClFN2O4. The Labute approximate surface area is 166 Å². The summed E-state index contributed by atoms with van der Waals surface area (Å²) < 4.78 is 30.5.